The molecule has 3 rings (SSSR count). The molecule has 0 fully saturated rings. The molecule has 0 unspecified atom stereocenters. The van der Waals surface area contributed by atoms with Crippen molar-refractivity contribution in [2.24, 2.45) is 5.73 Å². The summed E-state index contributed by atoms with van der Waals surface area (Å²) < 4.78 is 12.6. The van der Waals surface area contributed by atoms with Crippen LogP contribution in [-0.2, 0) is 27.4 Å². The van der Waals surface area contributed by atoms with E-state index in [1.165, 1.54) is 6.20 Å². The van der Waals surface area contributed by atoms with Gasteiger partial charge in [-0.05, 0) is 19.2 Å². The Kier molecular flexibility index (Phi) is 10.7. The molecule has 2 aromatic rings. The van der Waals surface area contributed by atoms with Gasteiger partial charge < -0.3 is 34.9 Å². The number of aromatic nitrogens is 2. The lowest BCUT2D eigenvalue weighted by Gasteiger charge is -2.27. The maximum Gasteiger partial charge on any atom is 0.273 e. The first-order valence-electron chi connectivity index (χ1n) is 11.6. The average Bonchev–Trinajstić information content (AvgIpc) is 3.28. The maximum absolute atomic E-state index is 12.7. The lowest BCUT2D eigenvalue weighted by molar-refractivity contribution is -0.127. The minimum Gasteiger partial charge on any atom is -0.378 e. The summed E-state index contributed by atoms with van der Waals surface area (Å²) in [6.45, 7) is 5.43. The zero-order chi connectivity index (χ0) is 25.0. The molecule has 0 saturated heterocycles. The summed E-state index contributed by atoms with van der Waals surface area (Å²) in [7, 11) is 1.97. The SMILES string of the molecule is CN(C/C=C/C(=O)N1CCn2c(C(=O)Nc3ccccc3Cl)cnc2C1)CCOCCOCCN. The number of carbonyl (C=O) groups excluding carboxylic acids is 2. The van der Waals surface area contributed by atoms with E-state index in [1.807, 2.05) is 17.7 Å². The van der Waals surface area contributed by atoms with Crippen LogP contribution in [0.25, 0.3) is 0 Å². The fraction of sp³-hybridized carbons (Fsp3) is 0.458. The first-order valence-corrected chi connectivity index (χ1v) is 12.0. The van der Waals surface area contributed by atoms with E-state index in [9.17, 15) is 9.59 Å². The largest absolute Gasteiger partial charge is 0.378 e. The fourth-order valence-corrected chi connectivity index (χ4v) is 3.72. The number of amides is 2. The van der Waals surface area contributed by atoms with Crippen molar-refractivity contribution < 1.29 is 19.1 Å². The molecule has 2 amide bonds. The summed E-state index contributed by atoms with van der Waals surface area (Å²) in [6.07, 6.45) is 4.96. The number of nitrogens with one attached hydrogen (secondary N) is 1. The summed E-state index contributed by atoms with van der Waals surface area (Å²) in [5.74, 6) is 0.307. The standard InChI is InChI=1S/C24H33ClN6O4/c1-29(12-14-35-16-15-34-13-8-26)9-4-7-23(32)30-10-11-31-21(17-27-22(31)18-30)24(33)28-20-6-3-2-5-19(20)25/h2-7,17H,8-16,18,26H2,1H3,(H,28,33)/b7-4+. The normalized spacial score (nSPS) is 13.4. The lowest BCUT2D eigenvalue weighted by Crippen LogP contribution is -2.38. The van der Waals surface area contributed by atoms with Crippen molar-refractivity contribution in [3.8, 4) is 0 Å². The van der Waals surface area contributed by atoms with Crippen LogP contribution in [0.3, 0.4) is 0 Å². The van der Waals surface area contributed by atoms with E-state index in [0.717, 1.165) is 6.54 Å². The van der Waals surface area contributed by atoms with E-state index in [0.29, 0.717) is 81.4 Å². The first-order chi connectivity index (χ1) is 17.0. The minimum absolute atomic E-state index is 0.0805. The van der Waals surface area contributed by atoms with Gasteiger partial charge in [0, 0.05) is 38.8 Å². The van der Waals surface area contributed by atoms with Gasteiger partial charge in [0.1, 0.15) is 11.5 Å². The molecule has 1 aliphatic rings. The summed E-state index contributed by atoms with van der Waals surface area (Å²) in [4.78, 5) is 33.5. The summed E-state index contributed by atoms with van der Waals surface area (Å²) in [6, 6.07) is 7.06. The zero-order valence-electron chi connectivity index (χ0n) is 20.0. The molecular weight excluding hydrogens is 472 g/mol. The van der Waals surface area contributed by atoms with Crippen LogP contribution in [-0.4, -0.2) is 90.8 Å². The van der Waals surface area contributed by atoms with Crippen LogP contribution in [0.5, 0.6) is 0 Å². The van der Waals surface area contributed by atoms with E-state index in [1.54, 1.807) is 35.2 Å². The molecule has 0 spiro atoms. The monoisotopic (exact) mass is 504 g/mol. The quantitative estimate of drug-likeness (QED) is 0.314. The van der Waals surface area contributed by atoms with E-state index in [2.05, 4.69) is 15.2 Å². The highest BCUT2D eigenvalue weighted by molar-refractivity contribution is 6.33. The Hall–Kier alpha value is -2.76. The van der Waals surface area contributed by atoms with Crippen molar-refractivity contribution in [2.75, 3.05) is 65.0 Å². The number of benzene rings is 1. The molecule has 1 aliphatic heterocycles. The van der Waals surface area contributed by atoms with Gasteiger partial charge in [0.2, 0.25) is 5.91 Å². The summed E-state index contributed by atoms with van der Waals surface area (Å²) in [5.41, 5.74) is 6.34. The fourth-order valence-electron chi connectivity index (χ4n) is 3.53. The van der Waals surface area contributed by atoms with Crippen molar-refractivity contribution in [1.29, 1.82) is 0 Å². The molecule has 35 heavy (non-hydrogen) atoms. The molecular formula is C24H33ClN6O4. The van der Waals surface area contributed by atoms with Crippen molar-refractivity contribution in [3.63, 3.8) is 0 Å². The number of nitrogens with two attached hydrogens (primary N) is 1. The van der Waals surface area contributed by atoms with Crippen LogP contribution < -0.4 is 11.1 Å². The highest BCUT2D eigenvalue weighted by Crippen LogP contribution is 2.22. The number of imidazole rings is 1. The van der Waals surface area contributed by atoms with E-state index in [-0.39, 0.29) is 11.8 Å². The topological polar surface area (TPSA) is 115 Å². The van der Waals surface area contributed by atoms with Gasteiger partial charge >= 0.3 is 0 Å². The number of hydrogen-bond acceptors (Lipinski definition) is 7. The number of fused-ring (bicyclic) bond motifs is 1. The first kappa shape index (κ1) is 26.8. The Labute approximate surface area is 210 Å². The van der Waals surface area contributed by atoms with Crippen molar-refractivity contribution in [2.45, 2.75) is 13.1 Å². The molecule has 11 heteroatoms. The minimum atomic E-state index is -0.286. The summed E-state index contributed by atoms with van der Waals surface area (Å²) in [5, 5.41) is 3.28. The number of ether oxygens (including phenoxy) is 2. The number of rotatable bonds is 13. The number of nitrogens with zero attached hydrogens (tertiary/aromatic N) is 4. The van der Waals surface area contributed by atoms with E-state index >= 15 is 0 Å². The van der Waals surface area contributed by atoms with Crippen LogP contribution in [0, 0.1) is 0 Å². The molecule has 0 atom stereocenters. The lowest BCUT2D eigenvalue weighted by atomic mass is 10.3. The average molecular weight is 505 g/mol. The van der Waals surface area contributed by atoms with Crippen LogP contribution in [0.4, 0.5) is 5.69 Å². The number of carbonyl (C=O) groups is 2. The number of halogens is 1. The molecule has 3 N–H and O–H groups in total. The van der Waals surface area contributed by atoms with Crippen molar-refractivity contribution >= 4 is 29.1 Å². The number of hydrogen-bond donors (Lipinski definition) is 2. The third-order valence-electron chi connectivity index (χ3n) is 5.46. The van der Waals surface area contributed by atoms with Crippen molar-refractivity contribution in [3.05, 3.63) is 59.2 Å². The second kappa shape index (κ2) is 14.0. The molecule has 0 bridgehead atoms. The van der Waals surface area contributed by atoms with Gasteiger partial charge in [0.05, 0.1) is 49.9 Å². The van der Waals surface area contributed by atoms with Gasteiger partial charge in [-0.3, -0.25) is 9.59 Å². The highest BCUT2D eigenvalue weighted by Gasteiger charge is 2.25. The Morgan fingerprint density at radius 1 is 1.20 bits per heavy atom. The molecule has 2 heterocycles. The summed E-state index contributed by atoms with van der Waals surface area (Å²) >= 11 is 6.14. The second-order valence-corrected chi connectivity index (χ2v) is 8.49. The second-order valence-electron chi connectivity index (χ2n) is 8.08. The Bertz CT molecular complexity index is 1010. The predicted molar refractivity (Wildman–Crippen MR) is 134 cm³/mol. The number of likely N-dealkylation sites (N-methyl/N-ethyl adjacent to an activating group) is 1. The number of anilines is 1. The molecule has 1 aromatic carbocycles. The van der Waals surface area contributed by atoms with Gasteiger partial charge in [-0.25, -0.2) is 4.98 Å². The van der Waals surface area contributed by atoms with Gasteiger partial charge in [0.15, 0.2) is 0 Å². The van der Waals surface area contributed by atoms with E-state index < -0.39 is 0 Å². The van der Waals surface area contributed by atoms with Crippen LogP contribution >= 0.6 is 11.6 Å². The van der Waals surface area contributed by atoms with Gasteiger partial charge in [-0.1, -0.05) is 29.8 Å². The highest BCUT2D eigenvalue weighted by atomic mass is 35.5. The molecule has 0 saturated carbocycles. The Morgan fingerprint density at radius 2 is 1.97 bits per heavy atom. The van der Waals surface area contributed by atoms with Gasteiger partial charge in [-0.15, -0.1) is 0 Å². The molecule has 0 aliphatic carbocycles. The molecule has 10 nitrogen and oxygen atoms in total. The van der Waals surface area contributed by atoms with Gasteiger partial charge in [0.25, 0.3) is 5.91 Å². The van der Waals surface area contributed by atoms with Crippen molar-refractivity contribution in [1.82, 2.24) is 19.4 Å². The molecule has 0 radical (unpaired) electrons. The third kappa shape index (κ3) is 8.15. The maximum atomic E-state index is 12.7. The van der Waals surface area contributed by atoms with E-state index in [4.69, 9.17) is 26.8 Å². The smallest absolute Gasteiger partial charge is 0.273 e. The molecule has 1 aromatic heterocycles. The predicted octanol–water partition coefficient (Wildman–Crippen LogP) is 1.61. The van der Waals surface area contributed by atoms with Gasteiger partial charge in [-0.2, -0.15) is 0 Å². The van der Waals surface area contributed by atoms with Crippen LogP contribution in [0.15, 0.2) is 42.6 Å². The third-order valence-corrected chi connectivity index (χ3v) is 5.79. The van der Waals surface area contributed by atoms with Crippen LogP contribution in [0.1, 0.15) is 16.3 Å². The zero-order valence-corrected chi connectivity index (χ0v) is 20.7. The Balaban J connectivity index is 1.42. The molecule has 190 valence electrons. The Morgan fingerprint density at radius 3 is 2.74 bits per heavy atom. The van der Waals surface area contributed by atoms with Crippen LogP contribution in [0.2, 0.25) is 5.02 Å². The number of para-hydroxylation sites is 1.